The lowest BCUT2D eigenvalue weighted by Gasteiger charge is -2.15. The second-order valence-electron chi connectivity index (χ2n) is 5.14. The quantitative estimate of drug-likeness (QED) is 0.734. The molecule has 7 nitrogen and oxygen atoms in total. The number of nitrogens with zero attached hydrogens (tertiary/aromatic N) is 1. The summed E-state index contributed by atoms with van der Waals surface area (Å²) < 4.78 is 27.8. The number of nitrogens with one attached hydrogen (secondary N) is 2. The first kappa shape index (κ1) is 18.6. The van der Waals surface area contributed by atoms with Crippen molar-refractivity contribution in [2.24, 2.45) is 0 Å². The SMILES string of the molecule is CNc1ccc(C#N)cc1NS(=O)(=O)c1cc(C(=O)O)cc(C)c1Cl. The van der Waals surface area contributed by atoms with Gasteiger partial charge in [-0.1, -0.05) is 11.6 Å². The van der Waals surface area contributed by atoms with Gasteiger partial charge in [0.25, 0.3) is 10.0 Å². The highest BCUT2D eigenvalue weighted by atomic mass is 35.5. The fraction of sp³-hybridized carbons (Fsp3) is 0.125. The van der Waals surface area contributed by atoms with E-state index in [0.29, 0.717) is 11.3 Å². The molecule has 0 bridgehead atoms. The maximum Gasteiger partial charge on any atom is 0.335 e. The number of carboxylic acid groups (broad SMARTS) is 1. The number of hydrogen-bond donors (Lipinski definition) is 3. The van der Waals surface area contributed by atoms with Crippen molar-refractivity contribution in [3.05, 3.63) is 52.0 Å². The second kappa shape index (κ2) is 7.01. The van der Waals surface area contributed by atoms with Crippen LogP contribution in [0.5, 0.6) is 0 Å². The van der Waals surface area contributed by atoms with E-state index in [1.165, 1.54) is 25.1 Å². The topological polar surface area (TPSA) is 119 Å². The average Bonchev–Trinajstić information content (AvgIpc) is 2.56. The molecule has 0 aliphatic rings. The van der Waals surface area contributed by atoms with E-state index in [0.717, 1.165) is 6.07 Å². The maximum atomic E-state index is 12.7. The van der Waals surface area contributed by atoms with Crippen molar-refractivity contribution in [1.29, 1.82) is 5.26 Å². The van der Waals surface area contributed by atoms with Crippen LogP contribution < -0.4 is 10.0 Å². The highest BCUT2D eigenvalue weighted by Gasteiger charge is 2.23. The minimum absolute atomic E-state index is 0.0695. The van der Waals surface area contributed by atoms with Gasteiger partial charge in [0.05, 0.1) is 33.6 Å². The highest BCUT2D eigenvalue weighted by molar-refractivity contribution is 7.92. The molecule has 25 heavy (non-hydrogen) atoms. The van der Waals surface area contributed by atoms with Crippen LogP contribution in [-0.4, -0.2) is 26.5 Å². The van der Waals surface area contributed by atoms with Gasteiger partial charge in [-0.3, -0.25) is 4.72 Å². The smallest absolute Gasteiger partial charge is 0.335 e. The summed E-state index contributed by atoms with van der Waals surface area (Å²) in [5, 5.41) is 20.9. The number of aromatic carboxylic acids is 1. The van der Waals surface area contributed by atoms with Crippen LogP contribution in [-0.2, 0) is 10.0 Å². The van der Waals surface area contributed by atoms with Crippen molar-refractivity contribution >= 4 is 39.0 Å². The van der Waals surface area contributed by atoms with Gasteiger partial charge < -0.3 is 10.4 Å². The summed E-state index contributed by atoms with van der Waals surface area (Å²) >= 11 is 6.07. The number of nitriles is 1. The van der Waals surface area contributed by atoms with Gasteiger partial charge in [0.15, 0.2) is 0 Å². The van der Waals surface area contributed by atoms with Crippen LogP contribution in [0.4, 0.5) is 11.4 Å². The molecule has 2 rings (SSSR count). The van der Waals surface area contributed by atoms with Crippen molar-refractivity contribution in [1.82, 2.24) is 0 Å². The van der Waals surface area contributed by atoms with E-state index in [1.54, 1.807) is 13.1 Å². The Balaban J connectivity index is 2.58. The largest absolute Gasteiger partial charge is 0.478 e. The van der Waals surface area contributed by atoms with E-state index in [9.17, 15) is 13.2 Å². The maximum absolute atomic E-state index is 12.7. The number of carboxylic acids is 1. The summed E-state index contributed by atoms with van der Waals surface area (Å²) in [5.74, 6) is -1.27. The molecule has 0 saturated heterocycles. The summed E-state index contributed by atoms with van der Waals surface area (Å²) in [6, 6.07) is 8.66. The number of carbonyl (C=O) groups is 1. The summed E-state index contributed by atoms with van der Waals surface area (Å²) in [4.78, 5) is 10.8. The van der Waals surface area contributed by atoms with Crippen LogP contribution in [0.25, 0.3) is 0 Å². The first-order valence-corrected chi connectivity index (χ1v) is 8.84. The standard InChI is InChI=1S/C16H14ClN3O4S/c1-9-5-11(16(21)22)7-14(15(9)17)25(23,24)20-13-6-10(8-18)3-4-12(13)19-2/h3-7,19-20H,1-2H3,(H,21,22). The number of halogens is 1. The Kier molecular flexibility index (Phi) is 5.21. The van der Waals surface area contributed by atoms with Gasteiger partial charge in [-0.25, -0.2) is 13.2 Å². The number of anilines is 2. The summed E-state index contributed by atoms with van der Waals surface area (Å²) in [5.41, 5.74) is 0.988. The van der Waals surface area contributed by atoms with Gasteiger partial charge in [-0.15, -0.1) is 0 Å². The van der Waals surface area contributed by atoms with E-state index in [-0.39, 0.29) is 26.7 Å². The summed E-state index contributed by atoms with van der Waals surface area (Å²) in [6.45, 7) is 1.52. The molecule has 2 aromatic carbocycles. The molecule has 0 atom stereocenters. The Morgan fingerprint density at radius 3 is 2.48 bits per heavy atom. The molecule has 0 aliphatic heterocycles. The van der Waals surface area contributed by atoms with Crippen molar-refractivity contribution in [3.63, 3.8) is 0 Å². The Hall–Kier alpha value is -2.76. The molecule has 0 fully saturated rings. The molecule has 130 valence electrons. The number of hydrogen-bond acceptors (Lipinski definition) is 5. The lowest BCUT2D eigenvalue weighted by atomic mass is 10.1. The van der Waals surface area contributed by atoms with Gasteiger partial charge in [-0.05, 0) is 42.8 Å². The molecule has 0 saturated carbocycles. The number of aryl methyl sites for hydroxylation is 1. The first-order chi connectivity index (χ1) is 11.7. The molecule has 0 aromatic heterocycles. The van der Waals surface area contributed by atoms with E-state index in [1.807, 2.05) is 6.07 Å². The normalized spacial score (nSPS) is 10.8. The molecular weight excluding hydrogens is 366 g/mol. The molecule has 3 N–H and O–H groups in total. The van der Waals surface area contributed by atoms with Crippen molar-refractivity contribution in [3.8, 4) is 6.07 Å². The van der Waals surface area contributed by atoms with Gasteiger partial charge in [0.1, 0.15) is 4.90 Å². The highest BCUT2D eigenvalue weighted by Crippen LogP contribution is 2.31. The Morgan fingerprint density at radius 2 is 1.92 bits per heavy atom. The predicted octanol–water partition coefficient (Wildman–Crippen LogP) is 3.06. The lowest BCUT2D eigenvalue weighted by molar-refractivity contribution is 0.0696. The van der Waals surface area contributed by atoms with Crippen molar-refractivity contribution in [2.75, 3.05) is 17.1 Å². The summed E-state index contributed by atoms with van der Waals surface area (Å²) in [7, 11) is -2.58. The molecule has 9 heteroatoms. The van der Waals surface area contributed by atoms with E-state index in [4.69, 9.17) is 22.0 Å². The lowest BCUT2D eigenvalue weighted by Crippen LogP contribution is -2.16. The number of rotatable bonds is 5. The first-order valence-electron chi connectivity index (χ1n) is 6.97. The fourth-order valence-electron chi connectivity index (χ4n) is 2.17. The third-order valence-electron chi connectivity index (χ3n) is 3.42. The average molecular weight is 380 g/mol. The molecule has 0 aliphatic carbocycles. The number of benzene rings is 2. The van der Waals surface area contributed by atoms with Crippen LogP contribution >= 0.6 is 11.6 Å². The van der Waals surface area contributed by atoms with Gasteiger partial charge in [-0.2, -0.15) is 5.26 Å². The van der Waals surface area contributed by atoms with Crippen LogP contribution in [0, 0.1) is 18.3 Å². The van der Waals surface area contributed by atoms with Crippen LogP contribution in [0.1, 0.15) is 21.5 Å². The monoisotopic (exact) mass is 379 g/mol. The molecule has 2 aromatic rings. The fourth-order valence-corrected chi connectivity index (χ4v) is 3.83. The van der Waals surface area contributed by atoms with Crippen LogP contribution in [0.2, 0.25) is 5.02 Å². The summed E-state index contributed by atoms with van der Waals surface area (Å²) in [6.07, 6.45) is 0. The van der Waals surface area contributed by atoms with Gasteiger partial charge in [0, 0.05) is 7.05 Å². The van der Waals surface area contributed by atoms with Crippen LogP contribution in [0.3, 0.4) is 0 Å². The van der Waals surface area contributed by atoms with Gasteiger partial charge >= 0.3 is 5.97 Å². The van der Waals surface area contributed by atoms with E-state index >= 15 is 0 Å². The second-order valence-corrected chi connectivity index (χ2v) is 7.17. The number of sulfonamides is 1. The van der Waals surface area contributed by atoms with E-state index in [2.05, 4.69) is 10.0 Å². The minimum atomic E-state index is -4.17. The molecule has 0 radical (unpaired) electrons. The third-order valence-corrected chi connectivity index (χ3v) is 5.42. The molecule has 0 heterocycles. The molecule has 0 amide bonds. The van der Waals surface area contributed by atoms with E-state index < -0.39 is 16.0 Å². The molecule has 0 unspecified atom stereocenters. The Labute approximate surface area is 149 Å². The van der Waals surface area contributed by atoms with Crippen molar-refractivity contribution in [2.45, 2.75) is 11.8 Å². The molecule has 0 spiro atoms. The van der Waals surface area contributed by atoms with Crippen LogP contribution in [0.15, 0.2) is 35.2 Å². The zero-order valence-electron chi connectivity index (χ0n) is 13.3. The molecular formula is C16H14ClN3O4S. The third kappa shape index (κ3) is 3.84. The Morgan fingerprint density at radius 1 is 1.24 bits per heavy atom. The predicted molar refractivity (Wildman–Crippen MR) is 94.7 cm³/mol. The zero-order chi connectivity index (χ0) is 18.8. The van der Waals surface area contributed by atoms with Crippen molar-refractivity contribution < 1.29 is 18.3 Å². The van der Waals surface area contributed by atoms with Gasteiger partial charge in [0.2, 0.25) is 0 Å². The zero-order valence-corrected chi connectivity index (χ0v) is 14.9. The minimum Gasteiger partial charge on any atom is -0.478 e. The Bertz CT molecular complexity index is 997.